The van der Waals surface area contributed by atoms with E-state index in [-0.39, 0.29) is 11.3 Å². The van der Waals surface area contributed by atoms with E-state index in [1.165, 1.54) is 12.3 Å². The van der Waals surface area contributed by atoms with E-state index in [9.17, 15) is 9.59 Å². The van der Waals surface area contributed by atoms with Gasteiger partial charge in [0.2, 0.25) is 5.76 Å². The van der Waals surface area contributed by atoms with Crippen molar-refractivity contribution in [2.75, 3.05) is 0 Å². The van der Waals surface area contributed by atoms with E-state index in [0.29, 0.717) is 0 Å². The Kier molecular flexibility index (Phi) is 1.00. The number of azo groups is 1. The zero-order chi connectivity index (χ0) is 7.84. The molecule has 0 bridgehead atoms. The highest BCUT2D eigenvalue weighted by molar-refractivity contribution is 6.09. The molecule has 2 rings (SSSR count). The average molecular weight is 150 g/mol. The molecule has 0 unspecified atom stereocenters. The Labute approximate surface area is 60.7 Å². The van der Waals surface area contributed by atoms with Gasteiger partial charge in [-0.25, -0.2) is 0 Å². The molecule has 0 aliphatic carbocycles. The van der Waals surface area contributed by atoms with Gasteiger partial charge in [0, 0.05) is 0 Å². The minimum absolute atomic E-state index is 0.0231. The summed E-state index contributed by atoms with van der Waals surface area (Å²) in [6, 6.07) is 1.40. The number of rotatable bonds is 0. The van der Waals surface area contributed by atoms with Crippen LogP contribution in [0.25, 0.3) is 0 Å². The van der Waals surface area contributed by atoms with Gasteiger partial charge in [-0.2, -0.15) is 0 Å². The topological polar surface area (TPSA) is 72.0 Å². The van der Waals surface area contributed by atoms with Crippen molar-refractivity contribution in [3.8, 4) is 0 Å². The maximum atomic E-state index is 10.8. The fourth-order valence-electron chi connectivity index (χ4n) is 0.833. The largest absolute Gasteiger partial charge is 0.458 e. The van der Waals surface area contributed by atoms with E-state index < -0.39 is 11.8 Å². The Balaban J connectivity index is 2.68. The van der Waals surface area contributed by atoms with Crippen molar-refractivity contribution >= 4 is 11.8 Å². The molecular formula is C6H2N2O3. The lowest BCUT2D eigenvalue weighted by atomic mass is 10.2. The summed E-state index contributed by atoms with van der Waals surface area (Å²) >= 11 is 0. The minimum atomic E-state index is -0.607. The molecule has 0 spiro atoms. The zero-order valence-electron chi connectivity index (χ0n) is 5.27. The van der Waals surface area contributed by atoms with Crippen LogP contribution in [0, 0.1) is 0 Å². The van der Waals surface area contributed by atoms with Crippen molar-refractivity contribution in [2.45, 2.75) is 0 Å². The van der Waals surface area contributed by atoms with Crippen molar-refractivity contribution in [3.05, 3.63) is 23.7 Å². The molecular weight excluding hydrogens is 148 g/mol. The predicted octanol–water partition coefficient (Wildman–Crippen LogP) is 1.03. The Bertz CT molecular complexity index is 331. The number of nitrogens with zero attached hydrogens (tertiary/aromatic N) is 2. The first-order valence-corrected chi connectivity index (χ1v) is 2.87. The Morgan fingerprint density at radius 3 is 2.64 bits per heavy atom. The lowest BCUT2D eigenvalue weighted by molar-refractivity contribution is 0.0901. The van der Waals surface area contributed by atoms with Crippen LogP contribution in [0.4, 0.5) is 0 Å². The molecule has 0 aromatic carbocycles. The summed E-state index contributed by atoms with van der Waals surface area (Å²) in [5, 5.41) is 6.17. The second-order valence-corrected chi connectivity index (χ2v) is 1.97. The van der Waals surface area contributed by atoms with Crippen LogP contribution in [0.5, 0.6) is 0 Å². The van der Waals surface area contributed by atoms with Crippen molar-refractivity contribution in [1.29, 1.82) is 0 Å². The van der Waals surface area contributed by atoms with Crippen molar-refractivity contribution in [3.63, 3.8) is 0 Å². The maximum Gasteiger partial charge on any atom is 0.331 e. The summed E-state index contributed by atoms with van der Waals surface area (Å²) in [4.78, 5) is 21.6. The molecule has 0 N–H and O–H groups in total. The lowest BCUT2D eigenvalue weighted by Gasteiger charge is -1.96. The molecule has 1 aromatic heterocycles. The van der Waals surface area contributed by atoms with E-state index in [1.54, 1.807) is 0 Å². The van der Waals surface area contributed by atoms with Crippen LogP contribution < -0.4 is 0 Å². The van der Waals surface area contributed by atoms with Crippen LogP contribution >= 0.6 is 0 Å². The standard InChI is InChI=1S/C6H2N2O3/c9-5-3-1-2-11-4(3)6(10)8-7-5/h1-2H. The summed E-state index contributed by atoms with van der Waals surface area (Å²) < 4.78 is 4.71. The van der Waals surface area contributed by atoms with Gasteiger partial charge in [-0.15, -0.1) is 5.11 Å². The number of hydrogen-bond donors (Lipinski definition) is 0. The van der Waals surface area contributed by atoms with Gasteiger partial charge >= 0.3 is 5.91 Å². The Morgan fingerprint density at radius 2 is 1.91 bits per heavy atom. The summed E-state index contributed by atoms with van der Waals surface area (Å²) in [5.41, 5.74) is 0.185. The van der Waals surface area contributed by atoms with Gasteiger partial charge in [-0.05, 0) is 6.07 Å². The Hall–Kier alpha value is -1.78. The molecule has 5 heteroatoms. The van der Waals surface area contributed by atoms with Crippen LogP contribution in [0.3, 0.4) is 0 Å². The van der Waals surface area contributed by atoms with Crippen LogP contribution in [-0.4, -0.2) is 11.8 Å². The first-order valence-electron chi connectivity index (χ1n) is 2.87. The molecule has 0 radical (unpaired) electrons. The average Bonchev–Trinajstić information content (AvgIpc) is 2.45. The number of hydrogen-bond acceptors (Lipinski definition) is 3. The number of carbonyl (C=O) groups excluding carboxylic acids is 2. The minimum Gasteiger partial charge on any atom is -0.458 e. The zero-order valence-corrected chi connectivity index (χ0v) is 5.27. The predicted molar refractivity (Wildman–Crippen MR) is 32.2 cm³/mol. The molecule has 0 atom stereocenters. The van der Waals surface area contributed by atoms with E-state index in [4.69, 9.17) is 4.42 Å². The van der Waals surface area contributed by atoms with Crippen molar-refractivity contribution < 1.29 is 14.0 Å². The molecule has 11 heavy (non-hydrogen) atoms. The monoisotopic (exact) mass is 150 g/mol. The number of amides is 2. The van der Waals surface area contributed by atoms with E-state index in [0.717, 1.165) is 0 Å². The fourth-order valence-corrected chi connectivity index (χ4v) is 0.833. The fraction of sp³-hybridized carbons (Fsp3) is 0. The molecule has 0 saturated heterocycles. The molecule has 5 nitrogen and oxygen atoms in total. The number of furan rings is 1. The van der Waals surface area contributed by atoms with Gasteiger partial charge in [-0.1, -0.05) is 5.11 Å². The van der Waals surface area contributed by atoms with Gasteiger partial charge in [0.25, 0.3) is 5.91 Å². The molecule has 1 aliphatic heterocycles. The van der Waals surface area contributed by atoms with Crippen LogP contribution in [0.1, 0.15) is 20.9 Å². The summed E-state index contributed by atoms with van der Waals surface area (Å²) in [6.45, 7) is 0. The summed E-state index contributed by atoms with van der Waals surface area (Å²) in [7, 11) is 0. The van der Waals surface area contributed by atoms with Crippen LogP contribution in [-0.2, 0) is 0 Å². The maximum absolute atomic E-state index is 10.8. The third-order valence-electron chi connectivity index (χ3n) is 1.32. The van der Waals surface area contributed by atoms with Gasteiger partial charge in [-0.3, -0.25) is 9.59 Å². The van der Waals surface area contributed by atoms with Crippen LogP contribution in [0.15, 0.2) is 27.0 Å². The Morgan fingerprint density at radius 1 is 1.18 bits per heavy atom. The second kappa shape index (κ2) is 1.85. The van der Waals surface area contributed by atoms with Gasteiger partial charge in [0.15, 0.2) is 0 Å². The van der Waals surface area contributed by atoms with Crippen molar-refractivity contribution in [1.82, 2.24) is 0 Å². The summed E-state index contributed by atoms with van der Waals surface area (Å²) in [6.07, 6.45) is 1.26. The van der Waals surface area contributed by atoms with Gasteiger partial charge in [0.1, 0.15) is 0 Å². The number of fused-ring (bicyclic) bond motifs is 1. The van der Waals surface area contributed by atoms with E-state index in [1.807, 2.05) is 0 Å². The molecule has 54 valence electrons. The first kappa shape index (κ1) is 5.96. The molecule has 0 fully saturated rings. The van der Waals surface area contributed by atoms with Gasteiger partial charge < -0.3 is 4.42 Å². The molecule has 2 heterocycles. The van der Waals surface area contributed by atoms with E-state index in [2.05, 4.69) is 10.2 Å². The molecule has 2 amide bonds. The molecule has 0 saturated carbocycles. The number of carbonyl (C=O) groups is 2. The van der Waals surface area contributed by atoms with Crippen molar-refractivity contribution in [2.24, 2.45) is 10.2 Å². The SMILES string of the molecule is O=C1N=NC(=O)c2occc21. The first-order chi connectivity index (χ1) is 5.29. The highest BCUT2D eigenvalue weighted by Gasteiger charge is 2.24. The molecule has 1 aliphatic rings. The smallest absolute Gasteiger partial charge is 0.331 e. The van der Waals surface area contributed by atoms with E-state index >= 15 is 0 Å². The van der Waals surface area contributed by atoms with Crippen LogP contribution in [0.2, 0.25) is 0 Å². The quantitative estimate of drug-likeness (QED) is 0.554. The lowest BCUT2D eigenvalue weighted by Crippen LogP contribution is -2.07. The highest BCUT2D eigenvalue weighted by Crippen LogP contribution is 2.17. The normalized spacial score (nSPS) is 15.3. The molecule has 1 aromatic rings. The summed E-state index contributed by atoms with van der Waals surface area (Å²) in [5.74, 6) is -1.16. The highest BCUT2D eigenvalue weighted by atomic mass is 16.3. The second-order valence-electron chi connectivity index (χ2n) is 1.97. The third kappa shape index (κ3) is 0.706. The van der Waals surface area contributed by atoms with Gasteiger partial charge in [0.05, 0.1) is 11.8 Å². The third-order valence-corrected chi connectivity index (χ3v) is 1.32.